The molecule has 0 saturated carbocycles. The van der Waals surface area contributed by atoms with Crippen LogP contribution >= 0.6 is 0 Å². The molecule has 0 aliphatic rings. The number of rotatable bonds is 7. The highest BCUT2D eigenvalue weighted by Crippen LogP contribution is 2.29. The Morgan fingerprint density at radius 1 is 0.973 bits per heavy atom. The lowest BCUT2D eigenvalue weighted by molar-refractivity contribution is -0.142. The van der Waals surface area contributed by atoms with Crippen LogP contribution in [-0.2, 0) is 10.2 Å². The second kappa shape index (κ2) is 13.0. The Morgan fingerprint density at radius 2 is 1.62 bits per heavy atom. The zero-order chi connectivity index (χ0) is 27.8. The van der Waals surface area contributed by atoms with Crippen molar-refractivity contribution in [2.75, 3.05) is 27.7 Å². The van der Waals surface area contributed by atoms with Gasteiger partial charge < -0.3 is 19.6 Å². The number of ether oxygens (including phenoxy) is 1. The molecule has 0 aromatic heterocycles. The fourth-order valence-electron chi connectivity index (χ4n) is 3.32. The van der Waals surface area contributed by atoms with Crippen LogP contribution < -0.4 is 4.74 Å². The summed E-state index contributed by atoms with van der Waals surface area (Å²) in [6.45, 7) is 7.77. The Morgan fingerprint density at radius 3 is 2.16 bits per heavy atom. The number of nitrogens with zero attached hydrogens (tertiary/aromatic N) is 2. The van der Waals surface area contributed by atoms with Gasteiger partial charge in [-0.3, -0.25) is 4.79 Å². The molecule has 0 unspecified atom stereocenters. The standard InChI is InChI=1S/C16H15FO2.C14H22N2O2/c1-16(2,15(18)19)12-8-9-13(14(17)10-12)11-6-4-3-5-7-11;1-6-16(5)14(17)18-13-9-7-8-12(10-13)11(2)15(3)4/h3-10H,1-2H3,(H,18,19);7-11H,6H2,1-5H3/t;11-/m.0/s1. The Hall–Kier alpha value is -3.71. The predicted octanol–water partition coefficient (Wildman–Crippen LogP) is 6.61. The van der Waals surface area contributed by atoms with Crippen LogP contribution in [0.25, 0.3) is 11.1 Å². The van der Waals surface area contributed by atoms with Crippen molar-refractivity contribution in [2.24, 2.45) is 0 Å². The number of amides is 1. The van der Waals surface area contributed by atoms with Crippen LogP contribution in [0.2, 0.25) is 0 Å². The lowest BCUT2D eigenvalue weighted by Crippen LogP contribution is -2.29. The number of benzene rings is 3. The number of carboxylic acids is 1. The van der Waals surface area contributed by atoms with Crippen molar-refractivity contribution in [2.45, 2.75) is 39.2 Å². The van der Waals surface area contributed by atoms with Crippen molar-refractivity contribution in [3.05, 3.63) is 89.7 Å². The number of halogens is 1. The first-order valence-electron chi connectivity index (χ1n) is 12.2. The molecular weight excluding hydrogens is 471 g/mol. The summed E-state index contributed by atoms with van der Waals surface area (Å²) in [5.41, 5.74) is 1.74. The summed E-state index contributed by atoms with van der Waals surface area (Å²) in [5.74, 6) is -0.788. The van der Waals surface area contributed by atoms with Gasteiger partial charge in [0.25, 0.3) is 0 Å². The number of carboxylic acid groups (broad SMARTS) is 1. The van der Waals surface area contributed by atoms with Crippen molar-refractivity contribution in [1.29, 1.82) is 0 Å². The average Bonchev–Trinajstić information content (AvgIpc) is 2.88. The summed E-state index contributed by atoms with van der Waals surface area (Å²) >= 11 is 0. The molecule has 3 aromatic carbocycles. The van der Waals surface area contributed by atoms with E-state index in [1.165, 1.54) is 11.0 Å². The second-order valence-electron chi connectivity index (χ2n) is 9.59. The summed E-state index contributed by atoms with van der Waals surface area (Å²) in [4.78, 5) is 26.5. The van der Waals surface area contributed by atoms with Crippen molar-refractivity contribution in [3.63, 3.8) is 0 Å². The van der Waals surface area contributed by atoms with Gasteiger partial charge in [-0.2, -0.15) is 0 Å². The first-order valence-corrected chi connectivity index (χ1v) is 12.2. The van der Waals surface area contributed by atoms with E-state index >= 15 is 0 Å². The molecule has 1 atom stereocenters. The quantitative estimate of drug-likeness (QED) is 0.389. The molecule has 0 radical (unpaired) electrons. The van der Waals surface area contributed by atoms with Crippen LogP contribution in [0.4, 0.5) is 9.18 Å². The highest BCUT2D eigenvalue weighted by Gasteiger charge is 2.30. The van der Waals surface area contributed by atoms with Gasteiger partial charge in [-0.25, -0.2) is 9.18 Å². The molecule has 1 amide bonds. The molecule has 6 nitrogen and oxygen atoms in total. The number of carbonyl (C=O) groups excluding carboxylic acids is 1. The maximum absolute atomic E-state index is 14.1. The lowest BCUT2D eigenvalue weighted by Gasteiger charge is -2.21. The maximum atomic E-state index is 14.1. The van der Waals surface area contributed by atoms with Gasteiger partial charge in [0, 0.05) is 25.2 Å². The predicted molar refractivity (Wildman–Crippen MR) is 145 cm³/mol. The molecule has 198 valence electrons. The monoisotopic (exact) mass is 508 g/mol. The second-order valence-corrected chi connectivity index (χ2v) is 9.59. The van der Waals surface area contributed by atoms with E-state index in [4.69, 9.17) is 9.84 Å². The largest absolute Gasteiger partial charge is 0.481 e. The fourth-order valence-corrected chi connectivity index (χ4v) is 3.32. The minimum Gasteiger partial charge on any atom is -0.481 e. The summed E-state index contributed by atoms with van der Waals surface area (Å²) in [7, 11) is 5.76. The molecule has 0 spiro atoms. The third kappa shape index (κ3) is 7.89. The van der Waals surface area contributed by atoms with Crippen molar-refractivity contribution >= 4 is 12.1 Å². The van der Waals surface area contributed by atoms with Gasteiger partial charge in [0.2, 0.25) is 0 Å². The fraction of sp³-hybridized carbons (Fsp3) is 0.333. The van der Waals surface area contributed by atoms with Crippen LogP contribution in [0, 0.1) is 5.82 Å². The first-order chi connectivity index (χ1) is 17.4. The van der Waals surface area contributed by atoms with Gasteiger partial charge in [-0.05, 0) is 76.7 Å². The topological polar surface area (TPSA) is 70.1 Å². The Bertz CT molecular complexity index is 1200. The summed E-state index contributed by atoms with van der Waals surface area (Å²) < 4.78 is 19.4. The van der Waals surface area contributed by atoms with Crippen molar-refractivity contribution in [3.8, 4) is 16.9 Å². The van der Waals surface area contributed by atoms with E-state index in [0.717, 1.165) is 11.1 Å². The van der Waals surface area contributed by atoms with Crippen LogP contribution in [0.1, 0.15) is 44.9 Å². The minimum absolute atomic E-state index is 0.285. The smallest absolute Gasteiger partial charge is 0.414 e. The van der Waals surface area contributed by atoms with E-state index in [2.05, 4.69) is 11.8 Å². The highest BCUT2D eigenvalue weighted by atomic mass is 19.1. The van der Waals surface area contributed by atoms with Gasteiger partial charge in [0.1, 0.15) is 11.6 Å². The third-order valence-electron chi connectivity index (χ3n) is 6.42. The Balaban J connectivity index is 0.000000261. The number of carbonyl (C=O) groups is 2. The lowest BCUT2D eigenvalue weighted by atomic mass is 9.84. The van der Waals surface area contributed by atoms with E-state index in [-0.39, 0.29) is 12.1 Å². The number of hydrogen-bond donors (Lipinski definition) is 1. The highest BCUT2D eigenvalue weighted by molar-refractivity contribution is 5.80. The molecule has 1 N–H and O–H groups in total. The van der Waals surface area contributed by atoms with Crippen molar-refractivity contribution < 1.29 is 23.8 Å². The minimum atomic E-state index is -1.10. The molecule has 0 bridgehead atoms. The third-order valence-corrected chi connectivity index (χ3v) is 6.42. The van der Waals surface area contributed by atoms with Gasteiger partial charge in [-0.1, -0.05) is 54.6 Å². The normalized spacial score (nSPS) is 11.8. The van der Waals surface area contributed by atoms with Gasteiger partial charge in [0.05, 0.1) is 5.41 Å². The SMILES string of the molecule is CC(C)(C(=O)O)c1ccc(-c2ccccc2)c(F)c1.CCN(C)C(=O)Oc1cccc([C@H](C)N(C)C)c1. The molecule has 3 rings (SSSR count). The molecule has 0 heterocycles. The van der Waals surface area contributed by atoms with Crippen LogP contribution in [0.15, 0.2) is 72.8 Å². The van der Waals surface area contributed by atoms with E-state index < -0.39 is 17.2 Å². The molecular formula is C30H37FN2O4. The van der Waals surface area contributed by atoms with Gasteiger partial charge in [0.15, 0.2) is 0 Å². The molecule has 37 heavy (non-hydrogen) atoms. The number of hydrogen-bond acceptors (Lipinski definition) is 4. The van der Waals surface area contributed by atoms with Crippen LogP contribution in [0.3, 0.4) is 0 Å². The summed E-state index contributed by atoms with van der Waals surface area (Å²) in [5, 5.41) is 9.15. The Kier molecular flexibility index (Phi) is 10.4. The van der Waals surface area contributed by atoms with Gasteiger partial charge >= 0.3 is 12.1 Å². The maximum Gasteiger partial charge on any atom is 0.414 e. The van der Waals surface area contributed by atoms with Crippen molar-refractivity contribution in [1.82, 2.24) is 9.80 Å². The van der Waals surface area contributed by atoms with E-state index in [0.29, 0.717) is 23.4 Å². The summed E-state index contributed by atoms with van der Waals surface area (Å²) in [6.07, 6.45) is -0.327. The molecule has 0 aliphatic carbocycles. The van der Waals surface area contributed by atoms with E-state index in [9.17, 15) is 14.0 Å². The molecule has 0 aliphatic heterocycles. The van der Waals surface area contributed by atoms with Gasteiger partial charge in [-0.15, -0.1) is 0 Å². The van der Waals surface area contributed by atoms with Crippen LogP contribution in [0.5, 0.6) is 5.75 Å². The van der Waals surface area contributed by atoms with E-state index in [1.54, 1.807) is 39.1 Å². The number of aliphatic carboxylic acids is 1. The Labute approximate surface area is 219 Å². The molecule has 0 fully saturated rings. The molecule has 0 saturated heterocycles. The molecule has 7 heteroatoms. The first kappa shape index (κ1) is 29.5. The van der Waals surface area contributed by atoms with E-state index in [1.807, 2.05) is 69.6 Å². The summed E-state index contributed by atoms with van der Waals surface area (Å²) in [6, 6.07) is 21.7. The van der Waals surface area contributed by atoms with Crippen LogP contribution in [-0.4, -0.2) is 54.7 Å². The zero-order valence-corrected chi connectivity index (χ0v) is 22.7. The molecule has 3 aromatic rings. The average molecular weight is 509 g/mol. The zero-order valence-electron chi connectivity index (χ0n) is 22.7.